The summed E-state index contributed by atoms with van der Waals surface area (Å²) in [7, 11) is 0. The number of hydrogen-bond acceptors (Lipinski definition) is 3. The zero-order chi connectivity index (χ0) is 15.4. The summed E-state index contributed by atoms with van der Waals surface area (Å²) in [6.45, 7) is 8.19. The van der Waals surface area contributed by atoms with Crippen molar-refractivity contribution >= 4 is 16.7 Å². The summed E-state index contributed by atoms with van der Waals surface area (Å²) in [4.78, 5) is 9.35. The Morgan fingerprint density at radius 2 is 1.73 bits per heavy atom. The largest absolute Gasteiger partial charge is 0.377 e. The third-order valence-electron chi connectivity index (χ3n) is 4.12. The van der Waals surface area contributed by atoms with E-state index in [0.29, 0.717) is 0 Å². The lowest BCUT2D eigenvalue weighted by atomic mass is 10.0. The minimum Gasteiger partial charge on any atom is -0.377 e. The van der Waals surface area contributed by atoms with Crippen LogP contribution < -0.4 is 0 Å². The van der Waals surface area contributed by atoms with Gasteiger partial charge in [-0.1, -0.05) is 17.2 Å². The molecular weight excluding hydrogens is 274 g/mol. The lowest BCUT2D eigenvalue weighted by Crippen LogP contribution is -1.88. The van der Waals surface area contributed by atoms with Crippen molar-refractivity contribution in [3.63, 3.8) is 0 Å². The normalized spacial score (nSPS) is 11.6. The van der Waals surface area contributed by atoms with Crippen LogP contribution in [0, 0.1) is 27.7 Å². The number of aromatic nitrogens is 3. The lowest BCUT2D eigenvalue weighted by Gasteiger charge is -2.05. The van der Waals surface area contributed by atoms with Crippen LogP contribution in [0.3, 0.4) is 0 Å². The van der Waals surface area contributed by atoms with Crippen LogP contribution in [-0.2, 0) is 0 Å². The second-order valence-electron chi connectivity index (χ2n) is 5.91. The molecule has 0 N–H and O–H groups in total. The van der Waals surface area contributed by atoms with Gasteiger partial charge in [0.15, 0.2) is 5.65 Å². The number of hydrogen-bond donors (Lipinski definition) is 0. The fourth-order valence-electron chi connectivity index (χ4n) is 3.00. The van der Waals surface area contributed by atoms with Crippen molar-refractivity contribution in [1.82, 2.24) is 14.5 Å². The molecule has 0 bridgehead atoms. The molecule has 110 valence electrons. The Morgan fingerprint density at radius 1 is 1.00 bits per heavy atom. The van der Waals surface area contributed by atoms with E-state index in [9.17, 15) is 0 Å². The van der Waals surface area contributed by atoms with Crippen molar-refractivity contribution in [3.8, 4) is 11.3 Å². The Labute approximate surface area is 128 Å². The maximum Gasteiger partial charge on any atom is 0.176 e. The molecule has 0 aliphatic rings. The standard InChI is InChI=1S/C18H17N3O/c1-10-7-11(2)9-14(8-10)16-17-15(5-6-19-16)21-18(20-17)12(3)13(4)22-21/h5-9H,1-4H3. The van der Waals surface area contributed by atoms with Gasteiger partial charge in [0.2, 0.25) is 0 Å². The van der Waals surface area contributed by atoms with E-state index >= 15 is 0 Å². The number of fused-ring (bicyclic) bond motifs is 3. The summed E-state index contributed by atoms with van der Waals surface area (Å²) in [5.74, 6) is 0.897. The predicted octanol–water partition coefficient (Wildman–Crippen LogP) is 4.38. The van der Waals surface area contributed by atoms with Gasteiger partial charge in [0.05, 0.1) is 5.69 Å². The third kappa shape index (κ3) is 1.77. The van der Waals surface area contributed by atoms with Crippen LogP contribution in [0.25, 0.3) is 27.9 Å². The zero-order valence-electron chi connectivity index (χ0n) is 13.1. The first-order valence-corrected chi connectivity index (χ1v) is 7.37. The number of benzene rings is 1. The van der Waals surface area contributed by atoms with Gasteiger partial charge in [-0.15, -0.1) is 0 Å². The van der Waals surface area contributed by atoms with Crippen LogP contribution >= 0.6 is 0 Å². The number of aryl methyl sites for hydroxylation is 4. The monoisotopic (exact) mass is 291 g/mol. The molecule has 4 aromatic rings. The third-order valence-corrected chi connectivity index (χ3v) is 4.12. The molecule has 0 saturated carbocycles. The first kappa shape index (κ1) is 13.1. The van der Waals surface area contributed by atoms with Crippen molar-refractivity contribution in [1.29, 1.82) is 0 Å². The van der Waals surface area contributed by atoms with Gasteiger partial charge in [-0.05, 0) is 45.9 Å². The van der Waals surface area contributed by atoms with Crippen molar-refractivity contribution in [2.75, 3.05) is 0 Å². The molecule has 0 atom stereocenters. The molecule has 3 aromatic heterocycles. The van der Waals surface area contributed by atoms with Gasteiger partial charge in [0, 0.05) is 17.3 Å². The summed E-state index contributed by atoms with van der Waals surface area (Å²) >= 11 is 0. The van der Waals surface area contributed by atoms with E-state index in [4.69, 9.17) is 9.51 Å². The zero-order valence-corrected chi connectivity index (χ0v) is 13.1. The molecule has 0 radical (unpaired) electrons. The van der Waals surface area contributed by atoms with Gasteiger partial charge in [0.1, 0.15) is 16.8 Å². The average molecular weight is 291 g/mol. The Kier molecular flexibility index (Phi) is 2.64. The van der Waals surface area contributed by atoms with E-state index in [-0.39, 0.29) is 0 Å². The second-order valence-corrected chi connectivity index (χ2v) is 5.91. The molecule has 0 saturated heterocycles. The first-order valence-electron chi connectivity index (χ1n) is 7.37. The average Bonchev–Trinajstić information content (AvgIpc) is 2.96. The summed E-state index contributed by atoms with van der Waals surface area (Å²) in [5.41, 5.74) is 8.23. The summed E-state index contributed by atoms with van der Waals surface area (Å²) in [6, 6.07) is 8.40. The Balaban J connectivity index is 2.08. The van der Waals surface area contributed by atoms with Gasteiger partial charge in [-0.25, -0.2) is 4.98 Å². The molecule has 3 heterocycles. The quantitative estimate of drug-likeness (QED) is 0.523. The molecule has 0 spiro atoms. The van der Waals surface area contributed by atoms with Crippen LogP contribution in [-0.4, -0.2) is 14.5 Å². The van der Waals surface area contributed by atoms with E-state index in [1.807, 2.05) is 26.1 Å². The van der Waals surface area contributed by atoms with Crippen molar-refractivity contribution < 1.29 is 4.52 Å². The lowest BCUT2D eigenvalue weighted by molar-refractivity contribution is 0.367. The summed E-state index contributed by atoms with van der Waals surface area (Å²) < 4.78 is 7.62. The molecule has 4 nitrogen and oxygen atoms in total. The number of pyridine rings is 1. The predicted molar refractivity (Wildman–Crippen MR) is 87.1 cm³/mol. The van der Waals surface area contributed by atoms with Crippen LogP contribution in [0.2, 0.25) is 0 Å². The van der Waals surface area contributed by atoms with Crippen molar-refractivity contribution in [2.45, 2.75) is 27.7 Å². The van der Waals surface area contributed by atoms with Gasteiger partial charge in [-0.2, -0.15) is 4.57 Å². The van der Waals surface area contributed by atoms with E-state index in [1.54, 1.807) is 4.57 Å². The SMILES string of the molecule is Cc1cc(C)cc(-c2nccc3c2nc2c(C)c(C)on23)c1. The Bertz CT molecular complexity index is 1000. The Morgan fingerprint density at radius 3 is 2.45 bits per heavy atom. The minimum atomic E-state index is 0.867. The molecule has 1 aromatic carbocycles. The van der Waals surface area contributed by atoms with Crippen molar-refractivity contribution in [2.24, 2.45) is 0 Å². The first-order chi connectivity index (χ1) is 10.5. The smallest absolute Gasteiger partial charge is 0.176 e. The summed E-state index contributed by atoms with van der Waals surface area (Å²) in [6.07, 6.45) is 1.82. The number of nitrogens with zero attached hydrogens (tertiary/aromatic N) is 3. The fourth-order valence-corrected chi connectivity index (χ4v) is 3.00. The Hall–Kier alpha value is -2.62. The minimum absolute atomic E-state index is 0.867. The van der Waals surface area contributed by atoms with Crippen LogP contribution in [0.15, 0.2) is 35.0 Å². The van der Waals surface area contributed by atoms with Crippen molar-refractivity contribution in [3.05, 3.63) is 52.9 Å². The highest BCUT2D eigenvalue weighted by molar-refractivity contribution is 5.92. The maximum absolute atomic E-state index is 5.82. The van der Waals surface area contributed by atoms with Crippen LogP contribution in [0.4, 0.5) is 0 Å². The molecule has 4 rings (SSSR count). The highest BCUT2D eigenvalue weighted by Crippen LogP contribution is 2.30. The number of imidazole rings is 1. The fraction of sp³-hybridized carbons (Fsp3) is 0.222. The van der Waals surface area contributed by atoms with E-state index in [0.717, 1.165) is 39.3 Å². The molecule has 0 aliphatic carbocycles. The highest BCUT2D eigenvalue weighted by Gasteiger charge is 2.17. The van der Waals surface area contributed by atoms with Crippen LogP contribution in [0.1, 0.15) is 22.5 Å². The topological polar surface area (TPSA) is 43.3 Å². The molecular formula is C18H17N3O. The summed E-state index contributed by atoms with van der Waals surface area (Å²) in [5, 5.41) is 0. The molecule has 0 amide bonds. The molecule has 22 heavy (non-hydrogen) atoms. The number of rotatable bonds is 1. The van der Waals surface area contributed by atoms with Gasteiger partial charge >= 0.3 is 0 Å². The molecule has 0 fully saturated rings. The highest BCUT2D eigenvalue weighted by atomic mass is 16.5. The molecule has 4 heteroatoms. The van der Waals surface area contributed by atoms with E-state index < -0.39 is 0 Å². The molecule has 0 aliphatic heterocycles. The maximum atomic E-state index is 5.82. The van der Waals surface area contributed by atoms with E-state index in [1.165, 1.54) is 11.1 Å². The molecule has 0 unspecified atom stereocenters. The van der Waals surface area contributed by atoms with Gasteiger partial charge in [0.25, 0.3) is 0 Å². The second kappa shape index (κ2) is 4.44. The van der Waals surface area contributed by atoms with Crippen LogP contribution in [0.5, 0.6) is 0 Å². The van der Waals surface area contributed by atoms with Gasteiger partial charge in [-0.3, -0.25) is 4.98 Å². The van der Waals surface area contributed by atoms with E-state index in [2.05, 4.69) is 37.0 Å². The van der Waals surface area contributed by atoms with Gasteiger partial charge < -0.3 is 4.52 Å².